The van der Waals surface area contributed by atoms with Crippen molar-refractivity contribution in [1.82, 2.24) is 34.9 Å². The summed E-state index contributed by atoms with van der Waals surface area (Å²) >= 11 is 0. The quantitative estimate of drug-likeness (QED) is 0.237. The van der Waals surface area contributed by atoms with Crippen LogP contribution >= 0.6 is 0 Å². The van der Waals surface area contributed by atoms with Crippen LogP contribution in [0.3, 0.4) is 0 Å². The third kappa shape index (κ3) is 7.28. The molecule has 1 aliphatic heterocycles. The summed E-state index contributed by atoms with van der Waals surface area (Å²) in [5, 5.41) is 13.6. The second-order valence-electron chi connectivity index (χ2n) is 10.1. The second-order valence-corrected chi connectivity index (χ2v) is 10.1. The zero-order chi connectivity index (χ0) is 29.5. The molecule has 1 aliphatic rings. The molecule has 4 rings (SSSR count). The fraction of sp³-hybridized carbons (Fsp3) is 0.407. The highest BCUT2D eigenvalue weighted by molar-refractivity contribution is 5.99. The van der Waals surface area contributed by atoms with Crippen LogP contribution in [0.5, 0.6) is 5.75 Å². The van der Waals surface area contributed by atoms with Crippen molar-refractivity contribution in [3.63, 3.8) is 0 Å². The number of amides is 3. The van der Waals surface area contributed by atoms with E-state index in [9.17, 15) is 14.4 Å². The van der Waals surface area contributed by atoms with E-state index in [0.29, 0.717) is 47.9 Å². The van der Waals surface area contributed by atoms with Gasteiger partial charge in [0, 0.05) is 44.1 Å². The zero-order valence-corrected chi connectivity index (χ0v) is 23.7. The summed E-state index contributed by atoms with van der Waals surface area (Å²) < 4.78 is 7.39. The smallest absolute Gasteiger partial charge is 0.254 e. The van der Waals surface area contributed by atoms with Crippen LogP contribution < -0.4 is 26.4 Å². The maximum atomic E-state index is 12.7. The Labute approximate surface area is 238 Å². The number of nitrogens with one attached hydrogen (secondary N) is 3. The molecule has 218 valence electrons. The number of likely N-dealkylation sites (N-methyl/N-ethyl adjacent to an activating group) is 1. The molecule has 1 aromatic carbocycles. The van der Waals surface area contributed by atoms with Crippen molar-refractivity contribution in [3.05, 3.63) is 47.4 Å². The topological polar surface area (TPSA) is 173 Å². The van der Waals surface area contributed by atoms with Gasteiger partial charge in [-0.25, -0.2) is 4.98 Å². The van der Waals surface area contributed by atoms with E-state index in [1.54, 1.807) is 23.2 Å². The number of hydrogen-bond donors (Lipinski definition) is 4. The van der Waals surface area contributed by atoms with Crippen LogP contribution in [0.2, 0.25) is 0 Å². The third-order valence-electron chi connectivity index (χ3n) is 6.73. The summed E-state index contributed by atoms with van der Waals surface area (Å²) in [7, 11) is 5.36. The summed E-state index contributed by atoms with van der Waals surface area (Å²) in [4.78, 5) is 48.5. The summed E-state index contributed by atoms with van der Waals surface area (Å²) in [5.74, 6) is -0.162. The lowest BCUT2D eigenvalue weighted by Crippen LogP contribution is -2.35. The Bertz CT molecular complexity index is 1410. The van der Waals surface area contributed by atoms with Crippen molar-refractivity contribution in [1.29, 1.82) is 0 Å². The average Bonchev–Trinajstić information content (AvgIpc) is 3.42. The summed E-state index contributed by atoms with van der Waals surface area (Å²) in [6.45, 7) is 4.38. The van der Waals surface area contributed by atoms with Crippen molar-refractivity contribution in [2.75, 3.05) is 58.0 Å². The minimum atomic E-state index is -0.711. The Morgan fingerprint density at radius 3 is 2.76 bits per heavy atom. The van der Waals surface area contributed by atoms with Gasteiger partial charge in [0.1, 0.15) is 17.1 Å². The maximum Gasteiger partial charge on any atom is 0.254 e. The molecule has 1 saturated heterocycles. The number of carbonyl (C=O) groups is 3. The van der Waals surface area contributed by atoms with Gasteiger partial charge in [-0.05, 0) is 51.6 Å². The lowest BCUT2D eigenvalue weighted by molar-refractivity contribution is -0.119. The predicted molar refractivity (Wildman–Crippen MR) is 154 cm³/mol. The Morgan fingerprint density at radius 1 is 1.24 bits per heavy atom. The van der Waals surface area contributed by atoms with E-state index in [1.807, 2.05) is 36.8 Å². The first-order valence-corrected chi connectivity index (χ1v) is 13.2. The molecule has 0 radical (unpaired) electrons. The number of likely N-dealkylation sites (tertiary alicyclic amines) is 1. The standard InChI is InChI=1S/C27H36N10O4/c1-17-10-18(26(40)29-7-9-35(2)3)11-22(41-4)23(17)33-25-21(24(28)39)13-30-27(34-25)32-19-12-31-37(14-19)20-6-5-8-36(15-20)16-38/h10-14,16,20H,5-9,15H2,1-4H3,(H2,28,39)(H,29,40)(H2,30,32,33,34). The molecule has 0 saturated carbocycles. The van der Waals surface area contributed by atoms with Crippen molar-refractivity contribution in [2.45, 2.75) is 25.8 Å². The third-order valence-corrected chi connectivity index (χ3v) is 6.73. The Hall–Kier alpha value is -4.72. The van der Waals surface area contributed by atoms with Crippen molar-refractivity contribution in [3.8, 4) is 5.75 Å². The molecule has 3 amide bonds. The fourth-order valence-electron chi connectivity index (χ4n) is 4.56. The van der Waals surface area contributed by atoms with Gasteiger partial charge >= 0.3 is 0 Å². The van der Waals surface area contributed by atoms with Gasteiger partial charge in [0.15, 0.2) is 0 Å². The number of methoxy groups -OCH3 is 1. The minimum Gasteiger partial charge on any atom is -0.495 e. The number of aromatic nitrogens is 4. The highest BCUT2D eigenvalue weighted by atomic mass is 16.5. The van der Waals surface area contributed by atoms with Gasteiger partial charge in [0.25, 0.3) is 11.8 Å². The molecule has 1 atom stereocenters. The van der Waals surface area contributed by atoms with Gasteiger partial charge < -0.3 is 36.2 Å². The number of nitrogens with zero attached hydrogens (tertiary/aromatic N) is 6. The number of carbonyl (C=O) groups excluding carboxylic acids is 3. The first-order valence-electron chi connectivity index (χ1n) is 13.2. The normalized spacial score (nSPS) is 15.0. The molecule has 41 heavy (non-hydrogen) atoms. The Balaban J connectivity index is 1.55. The molecular formula is C27H36N10O4. The maximum absolute atomic E-state index is 12.7. The first-order chi connectivity index (χ1) is 19.7. The van der Waals surface area contributed by atoms with E-state index < -0.39 is 5.91 Å². The highest BCUT2D eigenvalue weighted by Gasteiger charge is 2.22. The average molecular weight is 565 g/mol. The molecule has 1 unspecified atom stereocenters. The van der Waals surface area contributed by atoms with Crippen LogP contribution in [-0.2, 0) is 4.79 Å². The molecule has 14 heteroatoms. The van der Waals surface area contributed by atoms with Crippen molar-refractivity contribution < 1.29 is 19.1 Å². The zero-order valence-electron chi connectivity index (χ0n) is 23.7. The number of anilines is 4. The van der Waals surface area contributed by atoms with E-state index in [0.717, 1.165) is 25.8 Å². The van der Waals surface area contributed by atoms with Gasteiger partial charge in [0.05, 0.1) is 30.7 Å². The summed E-state index contributed by atoms with van der Waals surface area (Å²) in [6, 6.07) is 3.43. The monoisotopic (exact) mass is 564 g/mol. The van der Waals surface area contributed by atoms with Gasteiger partial charge in [0.2, 0.25) is 12.4 Å². The molecule has 0 spiro atoms. The predicted octanol–water partition coefficient (Wildman–Crippen LogP) is 1.66. The Kier molecular flexibility index (Phi) is 9.34. The molecule has 0 bridgehead atoms. The number of nitrogens with two attached hydrogens (primary N) is 1. The highest BCUT2D eigenvalue weighted by Crippen LogP contribution is 2.33. The van der Waals surface area contributed by atoms with Crippen LogP contribution in [0.15, 0.2) is 30.7 Å². The van der Waals surface area contributed by atoms with E-state index in [4.69, 9.17) is 10.5 Å². The number of rotatable bonds is 12. The number of primary amides is 1. The summed E-state index contributed by atoms with van der Waals surface area (Å²) in [6.07, 6.45) is 7.50. The summed E-state index contributed by atoms with van der Waals surface area (Å²) in [5.41, 5.74) is 7.99. The lowest BCUT2D eigenvalue weighted by atomic mass is 10.1. The van der Waals surface area contributed by atoms with Crippen LogP contribution in [-0.4, -0.2) is 95.2 Å². The molecule has 2 aromatic heterocycles. The van der Waals surface area contributed by atoms with Crippen LogP contribution in [0.25, 0.3) is 0 Å². The Morgan fingerprint density at radius 2 is 2.05 bits per heavy atom. The van der Waals surface area contributed by atoms with E-state index in [2.05, 4.69) is 31.0 Å². The van der Waals surface area contributed by atoms with Gasteiger partial charge in [-0.1, -0.05) is 0 Å². The van der Waals surface area contributed by atoms with Crippen LogP contribution in [0, 0.1) is 6.92 Å². The number of piperidine rings is 1. The molecule has 0 aliphatic carbocycles. The van der Waals surface area contributed by atoms with Crippen LogP contribution in [0.4, 0.5) is 23.1 Å². The number of ether oxygens (including phenoxy) is 1. The molecule has 1 fully saturated rings. The largest absolute Gasteiger partial charge is 0.495 e. The molecule has 5 N–H and O–H groups in total. The molecule has 3 heterocycles. The van der Waals surface area contributed by atoms with Gasteiger partial charge in [-0.15, -0.1) is 0 Å². The number of benzene rings is 1. The molecular weight excluding hydrogens is 528 g/mol. The van der Waals surface area contributed by atoms with E-state index >= 15 is 0 Å². The molecule has 14 nitrogen and oxygen atoms in total. The lowest BCUT2D eigenvalue weighted by Gasteiger charge is -2.29. The first kappa shape index (κ1) is 29.3. The van der Waals surface area contributed by atoms with Crippen LogP contribution in [0.1, 0.15) is 45.2 Å². The van der Waals surface area contributed by atoms with Gasteiger partial charge in [-0.3, -0.25) is 19.1 Å². The number of hydrogen-bond acceptors (Lipinski definition) is 10. The van der Waals surface area contributed by atoms with Gasteiger partial charge in [-0.2, -0.15) is 10.1 Å². The van der Waals surface area contributed by atoms with E-state index in [1.165, 1.54) is 13.3 Å². The minimum absolute atomic E-state index is 0.0772. The second kappa shape index (κ2) is 13.1. The number of aryl methyl sites for hydroxylation is 1. The van der Waals surface area contributed by atoms with E-state index in [-0.39, 0.29) is 29.3 Å². The van der Waals surface area contributed by atoms with Crippen molar-refractivity contribution >= 4 is 41.4 Å². The SMILES string of the molecule is COc1cc(C(=O)NCCN(C)C)cc(C)c1Nc1nc(Nc2cnn(C3CCCN(C=O)C3)c2)ncc1C(N)=O. The fourth-order valence-corrected chi connectivity index (χ4v) is 4.56. The van der Waals surface area contributed by atoms with Crippen molar-refractivity contribution in [2.24, 2.45) is 5.73 Å². The molecule has 3 aromatic rings.